The molecule has 5 rings (SSSR count). The molecule has 1 aliphatic rings. The van der Waals surface area contributed by atoms with Crippen LogP contribution in [0.15, 0.2) is 43.4 Å². The highest BCUT2D eigenvalue weighted by Crippen LogP contribution is 2.34. The standard InChI is InChI=1S/C18H15N3O3S2/c22-16-15-11-4-1-2-6-14(11)26-17(15)20-18(19-16)25-9-10-8-13(24-21-10)12-5-3-7-23-12/h3,5,7-8H,1-2,4,6,9H2,(H,19,20,22). The lowest BCUT2D eigenvalue weighted by atomic mass is 9.97. The summed E-state index contributed by atoms with van der Waals surface area (Å²) in [5.41, 5.74) is 1.95. The van der Waals surface area contributed by atoms with E-state index in [0.29, 0.717) is 22.4 Å². The second kappa shape index (κ2) is 6.44. The summed E-state index contributed by atoms with van der Waals surface area (Å²) in [7, 11) is 0. The maximum Gasteiger partial charge on any atom is 0.260 e. The Balaban J connectivity index is 1.39. The Morgan fingerprint density at radius 3 is 3.08 bits per heavy atom. The fourth-order valence-electron chi connectivity index (χ4n) is 3.27. The second-order valence-electron chi connectivity index (χ2n) is 6.21. The molecule has 0 fully saturated rings. The summed E-state index contributed by atoms with van der Waals surface area (Å²) >= 11 is 3.11. The number of aromatic nitrogens is 3. The number of hydrogen-bond donors (Lipinski definition) is 1. The molecule has 0 atom stereocenters. The van der Waals surface area contributed by atoms with Crippen LogP contribution in [0, 0.1) is 0 Å². The quantitative estimate of drug-likeness (QED) is 0.414. The Kier molecular flexibility index (Phi) is 3.94. The third-order valence-electron chi connectivity index (χ3n) is 4.48. The van der Waals surface area contributed by atoms with E-state index in [4.69, 9.17) is 8.94 Å². The predicted octanol–water partition coefficient (Wildman–Crippen LogP) is 4.40. The zero-order valence-electron chi connectivity index (χ0n) is 13.8. The van der Waals surface area contributed by atoms with Gasteiger partial charge in [0, 0.05) is 16.7 Å². The summed E-state index contributed by atoms with van der Waals surface area (Å²) in [5.74, 6) is 1.79. The first-order valence-corrected chi connectivity index (χ1v) is 10.2. The predicted molar refractivity (Wildman–Crippen MR) is 101 cm³/mol. The highest BCUT2D eigenvalue weighted by molar-refractivity contribution is 7.98. The van der Waals surface area contributed by atoms with Crippen LogP contribution in [0.25, 0.3) is 21.7 Å². The molecule has 0 saturated heterocycles. The van der Waals surface area contributed by atoms with Gasteiger partial charge >= 0.3 is 0 Å². The molecular weight excluding hydrogens is 370 g/mol. The summed E-state index contributed by atoms with van der Waals surface area (Å²) < 4.78 is 10.6. The van der Waals surface area contributed by atoms with Gasteiger partial charge in [-0.1, -0.05) is 16.9 Å². The van der Waals surface area contributed by atoms with Gasteiger partial charge in [-0.25, -0.2) is 4.98 Å². The highest BCUT2D eigenvalue weighted by atomic mass is 32.2. The van der Waals surface area contributed by atoms with Crippen molar-refractivity contribution in [3.8, 4) is 11.5 Å². The first-order chi connectivity index (χ1) is 12.8. The molecular formula is C18H15N3O3S2. The van der Waals surface area contributed by atoms with E-state index in [1.165, 1.54) is 28.6 Å². The zero-order valence-corrected chi connectivity index (χ0v) is 15.4. The number of hydrogen-bond acceptors (Lipinski definition) is 7. The van der Waals surface area contributed by atoms with Gasteiger partial charge in [-0.2, -0.15) is 0 Å². The molecule has 0 amide bonds. The molecule has 4 aromatic heterocycles. The largest absolute Gasteiger partial charge is 0.461 e. The average Bonchev–Trinajstić information content (AvgIpc) is 3.37. The van der Waals surface area contributed by atoms with Gasteiger partial charge in [0.15, 0.2) is 10.9 Å². The number of nitrogens with zero attached hydrogens (tertiary/aromatic N) is 2. The lowest BCUT2D eigenvalue weighted by Gasteiger charge is -2.09. The topological polar surface area (TPSA) is 84.9 Å². The van der Waals surface area contributed by atoms with Crippen molar-refractivity contribution in [2.75, 3.05) is 0 Å². The first-order valence-electron chi connectivity index (χ1n) is 8.45. The molecule has 6 nitrogen and oxygen atoms in total. The Hall–Kier alpha value is -2.32. The number of thioether (sulfide) groups is 1. The fourth-order valence-corrected chi connectivity index (χ4v) is 5.33. The Morgan fingerprint density at radius 2 is 2.19 bits per heavy atom. The van der Waals surface area contributed by atoms with Crippen LogP contribution in [0.5, 0.6) is 0 Å². The maximum atomic E-state index is 12.6. The fraction of sp³-hybridized carbons (Fsp3) is 0.278. The minimum Gasteiger partial charge on any atom is -0.461 e. The number of aromatic amines is 1. The van der Waals surface area contributed by atoms with Gasteiger partial charge < -0.3 is 13.9 Å². The third-order valence-corrected chi connectivity index (χ3v) is 6.58. The summed E-state index contributed by atoms with van der Waals surface area (Å²) in [6.45, 7) is 0. The maximum absolute atomic E-state index is 12.6. The molecule has 0 bridgehead atoms. The molecule has 4 heterocycles. The summed E-state index contributed by atoms with van der Waals surface area (Å²) in [6.07, 6.45) is 5.99. The van der Waals surface area contributed by atoms with Crippen LogP contribution in [0.1, 0.15) is 29.0 Å². The molecule has 0 spiro atoms. The van der Waals surface area contributed by atoms with Crippen LogP contribution < -0.4 is 5.56 Å². The number of aryl methyl sites for hydroxylation is 2. The second-order valence-corrected chi connectivity index (χ2v) is 8.26. The van der Waals surface area contributed by atoms with Crippen LogP contribution in [0.3, 0.4) is 0 Å². The highest BCUT2D eigenvalue weighted by Gasteiger charge is 2.20. The van der Waals surface area contributed by atoms with E-state index in [1.807, 2.05) is 12.1 Å². The smallest absolute Gasteiger partial charge is 0.260 e. The van der Waals surface area contributed by atoms with E-state index in [1.54, 1.807) is 23.7 Å². The van der Waals surface area contributed by atoms with Crippen LogP contribution >= 0.6 is 23.1 Å². The number of H-pyrrole nitrogens is 1. The lowest BCUT2D eigenvalue weighted by molar-refractivity contribution is 0.413. The van der Waals surface area contributed by atoms with Crippen molar-refractivity contribution in [2.24, 2.45) is 0 Å². The van der Waals surface area contributed by atoms with Crippen LogP contribution in [-0.4, -0.2) is 15.1 Å². The third kappa shape index (κ3) is 2.79. The van der Waals surface area contributed by atoms with Crippen LogP contribution in [0.4, 0.5) is 0 Å². The van der Waals surface area contributed by atoms with Gasteiger partial charge in [-0.3, -0.25) is 4.79 Å². The van der Waals surface area contributed by atoms with Crippen molar-refractivity contribution in [2.45, 2.75) is 36.6 Å². The van der Waals surface area contributed by atoms with Gasteiger partial charge in [0.05, 0.1) is 17.3 Å². The van der Waals surface area contributed by atoms with Gasteiger partial charge in [-0.05, 0) is 43.4 Å². The Bertz CT molecular complexity index is 1120. The summed E-state index contributed by atoms with van der Waals surface area (Å²) in [6, 6.07) is 5.46. The van der Waals surface area contributed by atoms with Crippen molar-refractivity contribution in [3.05, 3.63) is 51.0 Å². The first kappa shape index (κ1) is 15.9. The molecule has 1 aliphatic carbocycles. The lowest BCUT2D eigenvalue weighted by Crippen LogP contribution is -2.10. The molecule has 0 aromatic carbocycles. The number of nitrogens with one attached hydrogen (secondary N) is 1. The Labute approximate surface area is 156 Å². The molecule has 1 N–H and O–H groups in total. The van der Waals surface area contributed by atoms with Gasteiger partial charge in [-0.15, -0.1) is 11.3 Å². The molecule has 0 unspecified atom stereocenters. The number of furan rings is 1. The summed E-state index contributed by atoms with van der Waals surface area (Å²) in [4.78, 5) is 22.3. The minimum atomic E-state index is -0.0340. The van der Waals surface area contributed by atoms with E-state index in [9.17, 15) is 4.79 Å². The molecule has 26 heavy (non-hydrogen) atoms. The van der Waals surface area contributed by atoms with Crippen molar-refractivity contribution >= 4 is 33.3 Å². The SMILES string of the molecule is O=c1[nH]c(SCc2cc(-c3ccco3)on2)nc2sc3c(c12)CCCC3. The van der Waals surface area contributed by atoms with E-state index in [-0.39, 0.29) is 5.56 Å². The van der Waals surface area contributed by atoms with Crippen LogP contribution in [-0.2, 0) is 18.6 Å². The van der Waals surface area contributed by atoms with E-state index < -0.39 is 0 Å². The van der Waals surface area contributed by atoms with Crippen molar-refractivity contribution in [3.63, 3.8) is 0 Å². The zero-order chi connectivity index (χ0) is 17.5. The molecule has 132 valence electrons. The minimum absolute atomic E-state index is 0.0340. The molecule has 0 radical (unpaired) electrons. The molecule has 8 heteroatoms. The van der Waals surface area contributed by atoms with Gasteiger partial charge in [0.25, 0.3) is 5.56 Å². The average molecular weight is 385 g/mol. The molecule has 4 aromatic rings. The van der Waals surface area contributed by atoms with Crippen molar-refractivity contribution < 1.29 is 8.94 Å². The summed E-state index contributed by atoms with van der Waals surface area (Å²) in [5, 5.41) is 5.45. The monoisotopic (exact) mass is 385 g/mol. The molecule has 0 saturated carbocycles. The van der Waals surface area contributed by atoms with Crippen LogP contribution in [0.2, 0.25) is 0 Å². The number of fused-ring (bicyclic) bond motifs is 3. The molecule has 0 aliphatic heterocycles. The van der Waals surface area contributed by atoms with Gasteiger partial charge in [0.2, 0.25) is 5.76 Å². The van der Waals surface area contributed by atoms with Gasteiger partial charge in [0.1, 0.15) is 4.83 Å². The van der Waals surface area contributed by atoms with Crippen molar-refractivity contribution in [1.29, 1.82) is 0 Å². The Morgan fingerprint density at radius 1 is 1.27 bits per heavy atom. The number of thiophene rings is 1. The normalized spacial score (nSPS) is 14.0. The van der Waals surface area contributed by atoms with E-state index in [2.05, 4.69) is 15.1 Å². The van der Waals surface area contributed by atoms with E-state index >= 15 is 0 Å². The van der Waals surface area contributed by atoms with E-state index in [0.717, 1.165) is 35.2 Å². The number of rotatable bonds is 4. The van der Waals surface area contributed by atoms with Crippen molar-refractivity contribution in [1.82, 2.24) is 15.1 Å².